The van der Waals surface area contributed by atoms with Crippen LogP contribution in [0.4, 0.5) is 0 Å². The van der Waals surface area contributed by atoms with Crippen LogP contribution in [-0.2, 0) is 16.1 Å². The highest BCUT2D eigenvalue weighted by Gasteiger charge is 2.27. The molecule has 0 N–H and O–H groups in total. The SMILES string of the molecule is Cc1noc(C)c1COC1CCN(C(=O)COc2ccccc2C#N)C1. The molecule has 2 heterocycles. The molecule has 26 heavy (non-hydrogen) atoms. The number of nitrogens with zero attached hydrogens (tertiary/aromatic N) is 3. The molecule has 1 aromatic carbocycles. The smallest absolute Gasteiger partial charge is 0.260 e. The van der Waals surface area contributed by atoms with Gasteiger partial charge in [0.15, 0.2) is 6.61 Å². The minimum Gasteiger partial charge on any atom is -0.482 e. The highest BCUT2D eigenvalue weighted by molar-refractivity contribution is 5.78. The summed E-state index contributed by atoms with van der Waals surface area (Å²) in [5, 5.41) is 13.0. The summed E-state index contributed by atoms with van der Waals surface area (Å²) in [6, 6.07) is 8.93. The Balaban J connectivity index is 1.47. The third-order valence-corrected chi connectivity index (χ3v) is 4.50. The molecule has 1 aliphatic heterocycles. The quantitative estimate of drug-likeness (QED) is 0.790. The molecule has 1 aromatic heterocycles. The van der Waals surface area contributed by atoms with Gasteiger partial charge in [0.05, 0.1) is 24.0 Å². The lowest BCUT2D eigenvalue weighted by Gasteiger charge is -2.17. The van der Waals surface area contributed by atoms with Gasteiger partial charge in [-0.15, -0.1) is 0 Å². The maximum atomic E-state index is 12.3. The first-order chi connectivity index (χ1) is 12.6. The van der Waals surface area contributed by atoms with Gasteiger partial charge < -0.3 is 18.9 Å². The van der Waals surface area contributed by atoms with Crippen LogP contribution in [0.1, 0.15) is 29.0 Å². The second-order valence-corrected chi connectivity index (χ2v) is 6.26. The first-order valence-corrected chi connectivity index (χ1v) is 8.51. The van der Waals surface area contributed by atoms with Crippen molar-refractivity contribution in [1.82, 2.24) is 10.1 Å². The van der Waals surface area contributed by atoms with E-state index >= 15 is 0 Å². The van der Waals surface area contributed by atoms with E-state index in [-0.39, 0.29) is 18.6 Å². The van der Waals surface area contributed by atoms with Crippen LogP contribution in [0, 0.1) is 25.2 Å². The number of hydrogen-bond acceptors (Lipinski definition) is 6. The van der Waals surface area contributed by atoms with Crippen molar-refractivity contribution in [3.05, 3.63) is 46.8 Å². The van der Waals surface area contributed by atoms with Crippen molar-refractivity contribution in [1.29, 1.82) is 5.26 Å². The summed E-state index contributed by atoms with van der Waals surface area (Å²) >= 11 is 0. The number of aromatic nitrogens is 1. The lowest BCUT2D eigenvalue weighted by molar-refractivity contribution is -0.132. The van der Waals surface area contributed by atoms with E-state index in [1.54, 1.807) is 29.2 Å². The summed E-state index contributed by atoms with van der Waals surface area (Å²) in [7, 11) is 0. The fourth-order valence-corrected chi connectivity index (χ4v) is 2.92. The Kier molecular flexibility index (Phi) is 5.54. The molecule has 1 aliphatic rings. The zero-order valence-corrected chi connectivity index (χ0v) is 14.9. The minimum absolute atomic E-state index is 0.0148. The third kappa shape index (κ3) is 4.03. The maximum absolute atomic E-state index is 12.3. The fourth-order valence-electron chi connectivity index (χ4n) is 2.92. The van der Waals surface area contributed by atoms with Crippen LogP contribution in [0.2, 0.25) is 0 Å². The lowest BCUT2D eigenvalue weighted by Crippen LogP contribution is -2.34. The van der Waals surface area contributed by atoms with E-state index < -0.39 is 0 Å². The molecule has 0 spiro atoms. The number of rotatable bonds is 6. The van der Waals surface area contributed by atoms with Crippen molar-refractivity contribution >= 4 is 5.91 Å². The first-order valence-electron chi connectivity index (χ1n) is 8.51. The molecule has 3 rings (SSSR count). The third-order valence-electron chi connectivity index (χ3n) is 4.50. The van der Waals surface area contributed by atoms with Crippen LogP contribution in [0.25, 0.3) is 0 Å². The largest absolute Gasteiger partial charge is 0.482 e. The summed E-state index contributed by atoms with van der Waals surface area (Å²) in [6.45, 7) is 5.25. The van der Waals surface area contributed by atoms with Gasteiger partial charge in [0, 0.05) is 18.7 Å². The second-order valence-electron chi connectivity index (χ2n) is 6.26. The Hall–Kier alpha value is -2.85. The molecular weight excluding hydrogens is 334 g/mol. The molecule has 1 fully saturated rings. The van der Waals surface area contributed by atoms with Crippen molar-refractivity contribution in [2.24, 2.45) is 0 Å². The zero-order valence-electron chi connectivity index (χ0n) is 14.9. The predicted molar refractivity (Wildman–Crippen MR) is 92.4 cm³/mol. The standard InChI is InChI=1S/C19H21N3O4/c1-13-17(14(2)26-21-13)11-24-16-7-8-22(10-16)19(23)12-25-18-6-4-3-5-15(18)9-20/h3-6,16H,7-8,10-12H2,1-2H3. The first kappa shape index (κ1) is 18.0. The fraction of sp³-hybridized carbons (Fsp3) is 0.421. The summed E-state index contributed by atoms with van der Waals surface area (Å²) in [5.41, 5.74) is 2.21. The van der Waals surface area contributed by atoms with Crippen LogP contribution in [0.5, 0.6) is 5.75 Å². The number of amides is 1. The average molecular weight is 355 g/mol. The number of nitriles is 1. The van der Waals surface area contributed by atoms with Crippen molar-refractivity contribution in [2.75, 3.05) is 19.7 Å². The molecule has 1 saturated heterocycles. The van der Waals surface area contributed by atoms with E-state index in [0.717, 1.165) is 23.4 Å². The van der Waals surface area contributed by atoms with Crippen LogP contribution in [0.15, 0.2) is 28.8 Å². The van der Waals surface area contributed by atoms with Crippen LogP contribution in [-0.4, -0.2) is 41.8 Å². The molecule has 0 saturated carbocycles. The lowest BCUT2D eigenvalue weighted by atomic mass is 10.2. The van der Waals surface area contributed by atoms with Gasteiger partial charge in [-0.1, -0.05) is 17.3 Å². The molecular formula is C19H21N3O4. The Morgan fingerprint density at radius 1 is 1.42 bits per heavy atom. The van der Waals surface area contributed by atoms with E-state index in [2.05, 4.69) is 11.2 Å². The van der Waals surface area contributed by atoms with Crippen LogP contribution >= 0.6 is 0 Å². The van der Waals surface area contributed by atoms with Crippen molar-refractivity contribution in [3.8, 4) is 11.8 Å². The van der Waals surface area contributed by atoms with E-state index in [1.807, 2.05) is 13.8 Å². The molecule has 136 valence electrons. The van der Waals surface area contributed by atoms with E-state index in [9.17, 15) is 4.79 Å². The molecule has 0 bridgehead atoms. The normalized spacial score (nSPS) is 16.5. The molecule has 0 radical (unpaired) electrons. The molecule has 2 aromatic rings. The number of hydrogen-bond donors (Lipinski definition) is 0. The van der Waals surface area contributed by atoms with E-state index in [1.165, 1.54) is 0 Å². The Bertz CT molecular complexity index is 805. The number of aryl methyl sites for hydroxylation is 2. The number of ether oxygens (including phenoxy) is 2. The van der Waals surface area contributed by atoms with Gasteiger partial charge in [-0.2, -0.15) is 5.26 Å². The summed E-state index contributed by atoms with van der Waals surface area (Å²) in [5.74, 6) is 1.08. The van der Waals surface area contributed by atoms with E-state index in [4.69, 9.17) is 19.3 Å². The van der Waals surface area contributed by atoms with E-state index in [0.29, 0.717) is 31.0 Å². The summed E-state index contributed by atoms with van der Waals surface area (Å²) in [6.07, 6.45) is 0.767. The second kappa shape index (κ2) is 8.02. The molecule has 0 aliphatic carbocycles. The number of carbonyl (C=O) groups excluding carboxylic acids is 1. The van der Waals surface area contributed by atoms with Crippen LogP contribution in [0.3, 0.4) is 0 Å². The predicted octanol–water partition coefficient (Wildman–Crippen LogP) is 2.36. The van der Waals surface area contributed by atoms with Gasteiger partial charge in [0.2, 0.25) is 0 Å². The minimum atomic E-state index is -0.110. The van der Waals surface area contributed by atoms with Crippen molar-refractivity contribution in [3.63, 3.8) is 0 Å². The molecule has 1 unspecified atom stereocenters. The highest BCUT2D eigenvalue weighted by atomic mass is 16.5. The highest BCUT2D eigenvalue weighted by Crippen LogP contribution is 2.20. The number of benzene rings is 1. The molecule has 7 nitrogen and oxygen atoms in total. The maximum Gasteiger partial charge on any atom is 0.260 e. The Morgan fingerprint density at radius 2 is 2.23 bits per heavy atom. The number of carbonyl (C=O) groups is 1. The van der Waals surface area contributed by atoms with Gasteiger partial charge >= 0.3 is 0 Å². The van der Waals surface area contributed by atoms with Gasteiger partial charge in [-0.25, -0.2) is 0 Å². The molecule has 7 heteroatoms. The van der Waals surface area contributed by atoms with Gasteiger partial charge in [-0.3, -0.25) is 4.79 Å². The van der Waals surface area contributed by atoms with Crippen molar-refractivity contribution in [2.45, 2.75) is 33.0 Å². The van der Waals surface area contributed by atoms with Crippen LogP contribution < -0.4 is 4.74 Å². The Morgan fingerprint density at radius 3 is 2.96 bits per heavy atom. The monoisotopic (exact) mass is 355 g/mol. The number of para-hydroxylation sites is 1. The van der Waals surface area contributed by atoms with Gasteiger partial charge in [-0.05, 0) is 32.4 Å². The number of likely N-dealkylation sites (tertiary alicyclic amines) is 1. The molecule has 1 amide bonds. The summed E-state index contributed by atoms with van der Waals surface area (Å²) < 4.78 is 16.6. The van der Waals surface area contributed by atoms with Crippen molar-refractivity contribution < 1.29 is 18.8 Å². The Labute approximate surface area is 152 Å². The van der Waals surface area contributed by atoms with Gasteiger partial charge in [0.1, 0.15) is 17.6 Å². The zero-order chi connectivity index (χ0) is 18.5. The topological polar surface area (TPSA) is 88.6 Å². The van der Waals surface area contributed by atoms with Gasteiger partial charge in [0.25, 0.3) is 5.91 Å². The average Bonchev–Trinajstić information content (AvgIpc) is 3.25. The molecule has 1 atom stereocenters. The summed E-state index contributed by atoms with van der Waals surface area (Å²) in [4.78, 5) is 14.1.